The summed E-state index contributed by atoms with van der Waals surface area (Å²) in [6.45, 7) is 6.00. The minimum atomic E-state index is -0.999. The van der Waals surface area contributed by atoms with Gasteiger partial charge >= 0.3 is 0 Å². The topological polar surface area (TPSA) is 51.1 Å². The molecule has 1 aliphatic rings. The summed E-state index contributed by atoms with van der Waals surface area (Å²) in [5.41, 5.74) is 3.83. The first-order valence-electron chi connectivity index (χ1n) is 10.2. The van der Waals surface area contributed by atoms with Crippen molar-refractivity contribution in [2.75, 3.05) is 11.6 Å². The van der Waals surface area contributed by atoms with Gasteiger partial charge in [0.2, 0.25) is 6.10 Å². The molecule has 4 rings (SSSR count). The Bertz CT molecular complexity index is 1220. The molecule has 1 atom stereocenters. The molecule has 1 unspecified atom stereocenters. The number of carbonyl (C=O) groups excluding carboxylic acids is 1. The standard InChI is InChI=1S/C25H21Cl3N2O3/c1-14-4-7-18(8-5-14)33-24-21(13-32-22-9-6-15(2)10-16(22)3)29-30(25(24)31)23-19(27)11-17(26)12-20(23)28/h4-12,24H,13H2,1-3H3. The summed E-state index contributed by atoms with van der Waals surface area (Å²) in [6, 6.07) is 16.3. The van der Waals surface area contributed by atoms with E-state index in [2.05, 4.69) is 5.10 Å². The van der Waals surface area contributed by atoms with E-state index in [9.17, 15) is 4.79 Å². The molecule has 33 heavy (non-hydrogen) atoms. The number of aryl methyl sites for hydroxylation is 3. The molecule has 0 bridgehead atoms. The number of anilines is 1. The molecular formula is C25H21Cl3N2O3. The van der Waals surface area contributed by atoms with Gasteiger partial charge in [-0.3, -0.25) is 4.79 Å². The van der Waals surface area contributed by atoms with E-state index in [4.69, 9.17) is 44.3 Å². The van der Waals surface area contributed by atoms with Crippen molar-refractivity contribution in [1.29, 1.82) is 0 Å². The van der Waals surface area contributed by atoms with Crippen molar-refractivity contribution >= 4 is 52.1 Å². The van der Waals surface area contributed by atoms with Gasteiger partial charge in [0, 0.05) is 5.02 Å². The molecule has 1 aliphatic heterocycles. The Kier molecular flexibility index (Phi) is 6.84. The maximum absolute atomic E-state index is 13.4. The predicted molar refractivity (Wildman–Crippen MR) is 133 cm³/mol. The highest BCUT2D eigenvalue weighted by Crippen LogP contribution is 2.39. The monoisotopic (exact) mass is 502 g/mol. The average Bonchev–Trinajstić information content (AvgIpc) is 3.04. The fourth-order valence-corrected chi connectivity index (χ4v) is 4.45. The van der Waals surface area contributed by atoms with Gasteiger partial charge in [0.05, 0.1) is 10.0 Å². The summed E-state index contributed by atoms with van der Waals surface area (Å²) in [4.78, 5) is 13.4. The lowest BCUT2D eigenvalue weighted by atomic mass is 10.1. The summed E-state index contributed by atoms with van der Waals surface area (Å²) < 4.78 is 12.0. The zero-order chi connectivity index (χ0) is 23.7. The van der Waals surface area contributed by atoms with E-state index in [-0.39, 0.29) is 22.3 Å². The average molecular weight is 504 g/mol. The summed E-state index contributed by atoms with van der Waals surface area (Å²) in [5.74, 6) is 0.806. The number of hydrogen-bond donors (Lipinski definition) is 0. The van der Waals surface area contributed by atoms with Gasteiger partial charge < -0.3 is 9.47 Å². The molecule has 3 aromatic carbocycles. The van der Waals surface area contributed by atoms with Crippen LogP contribution >= 0.6 is 34.8 Å². The van der Waals surface area contributed by atoms with E-state index >= 15 is 0 Å². The number of amides is 1. The summed E-state index contributed by atoms with van der Waals surface area (Å²) in [7, 11) is 0. The van der Waals surface area contributed by atoms with Crippen LogP contribution in [0.25, 0.3) is 0 Å². The molecule has 0 aromatic heterocycles. The Morgan fingerprint density at radius 3 is 2.18 bits per heavy atom. The molecule has 0 N–H and O–H groups in total. The third kappa shape index (κ3) is 5.11. The van der Waals surface area contributed by atoms with Crippen molar-refractivity contribution in [3.05, 3.63) is 86.4 Å². The van der Waals surface area contributed by atoms with Crippen LogP contribution in [-0.2, 0) is 4.79 Å². The minimum Gasteiger partial charge on any atom is -0.487 e. The Labute approximate surface area is 207 Å². The molecular weight excluding hydrogens is 483 g/mol. The molecule has 3 aromatic rings. The number of halogens is 3. The van der Waals surface area contributed by atoms with Gasteiger partial charge in [0.1, 0.15) is 29.5 Å². The second kappa shape index (κ2) is 9.64. The van der Waals surface area contributed by atoms with Crippen LogP contribution in [0.2, 0.25) is 15.1 Å². The number of ether oxygens (including phenoxy) is 2. The van der Waals surface area contributed by atoms with Crippen LogP contribution in [0.1, 0.15) is 16.7 Å². The largest absolute Gasteiger partial charge is 0.487 e. The predicted octanol–water partition coefficient (Wildman–Crippen LogP) is 6.80. The number of nitrogens with zero attached hydrogens (tertiary/aromatic N) is 2. The van der Waals surface area contributed by atoms with Crippen LogP contribution in [0.5, 0.6) is 11.5 Å². The van der Waals surface area contributed by atoms with Gasteiger partial charge in [0.15, 0.2) is 0 Å². The van der Waals surface area contributed by atoms with Gasteiger partial charge in [-0.25, -0.2) is 0 Å². The van der Waals surface area contributed by atoms with Crippen LogP contribution in [0.15, 0.2) is 59.7 Å². The minimum absolute atomic E-state index is 0.0471. The zero-order valence-electron chi connectivity index (χ0n) is 18.2. The maximum Gasteiger partial charge on any atom is 0.294 e. The molecule has 1 amide bonds. The van der Waals surface area contributed by atoms with Crippen LogP contribution in [0.4, 0.5) is 5.69 Å². The van der Waals surface area contributed by atoms with E-state index in [0.717, 1.165) is 21.7 Å². The van der Waals surface area contributed by atoms with Crippen LogP contribution in [0.3, 0.4) is 0 Å². The molecule has 0 spiro atoms. The van der Waals surface area contributed by atoms with Gasteiger partial charge in [-0.15, -0.1) is 0 Å². The molecule has 8 heteroatoms. The quantitative estimate of drug-likeness (QED) is 0.372. The first kappa shape index (κ1) is 23.4. The maximum atomic E-state index is 13.4. The number of carbonyl (C=O) groups is 1. The summed E-state index contributed by atoms with van der Waals surface area (Å²) in [5, 5.41) is 6.40. The highest BCUT2D eigenvalue weighted by Gasteiger charge is 2.40. The van der Waals surface area contributed by atoms with Crippen molar-refractivity contribution in [3.8, 4) is 11.5 Å². The molecule has 0 fully saturated rings. The van der Waals surface area contributed by atoms with Crippen LogP contribution in [0, 0.1) is 20.8 Å². The fraction of sp³-hybridized carbons (Fsp3) is 0.200. The number of hydrazone groups is 1. The first-order valence-corrected chi connectivity index (χ1v) is 11.4. The van der Waals surface area contributed by atoms with E-state index in [1.54, 1.807) is 12.1 Å². The van der Waals surface area contributed by atoms with Crippen molar-refractivity contribution in [3.63, 3.8) is 0 Å². The molecule has 0 radical (unpaired) electrons. The molecule has 5 nitrogen and oxygen atoms in total. The second-order valence-corrected chi connectivity index (χ2v) is 9.08. The van der Waals surface area contributed by atoms with Gasteiger partial charge in [-0.1, -0.05) is 70.2 Å². The van der Waals surface area contributed by atoms with Crippen molar-refractivity contribution in [1.82, 2.24) is 0 Å². The summed E-state index contributed by atoms with van der Waals surface area (Å²) >= 11 is 18.7. The fourth-order valence-electron chi connectivity index (χ4n) is 3.47. The highest BCUT2D eigenvalue weighted by atomic mass is 35.5. The Balaban J connectivity index is 1.67. The van der Waals surface area contributed by atoms with Gasteiger partial charge in [-0.2, -0.15) is 10.1 Å². The summed E-state index contributed by atoms with van der Waals surface area (Å²) in [6.07, 6.45) is -0.999. The molecule has 0 aliphatic carbocycles. The SMILES string of the molecule is Cc1ccc(OC2C(=O)N(c3c(Cl)cc(Cl)cc3Cl)N=C2COc2ccc(C)cc2C)cc1. The second-order valence-electron chi connectivity index (χ2n) is 7.83. The van der Waals surface area contributed by atoms with Crippen molar-refractivity contribution < 1.29 is 14.3 Å². The van der Waals surface area contributed by atoms with E-state index in [1.165, 1.54) is 12.1 Å². The van der Waals surface area contributed by atoms with Gasteiger partial charge in [0.25, 0.3) is 5.91 Å². The van der Waals surface area contributed by atoms with Crippen molar-refractivity contribution in [2.24, 2.45) is 5.10 Å². The third-order valence-corrected chi connectivity index (χ3v) is 5.93. The van der Waals surface area contributed by atoms with Gasteiger partial charge in [-0.05, 0) is 56.7 Å². The zero-order valence-corrected chi connectivity index (χ0v) is 20.5. The third-order valence-electron chi connectivity index (χ3n) is 5.14. The van der Waals surface area contributed by atoms with E-state index in [0.29, 0.717) is 22.2 Å². The van der Waals surface area contributed by atoms with Crippen LogP contribution in [-0.4, -0.2) is 24.3 Å². The lowest BCUT2D eigenvalue weighted by Gasteiger charge is -2.18. The lowest BCUT2D eigenvalue weighted by Crippen LogP contribution is -2.38. The Morgan fingerprint density at radius 1 is 0.909 bits per heavy atom. The Hall–Kier alpha value is -2.73. The van der Waals surface area contributed by atoms with E-state index < -0.39 is 12.0 Å². The lowest BCUT2D eigenvalue weighted by molar-refractivity contribution is -0.121. The normalized spacial score (nSPS) is 15.6. The number of benzene rings is 3. The molecule has 1 heterocycles. The first-order chi connectivity index (χ1) is 15.7. The number of hydrogen-bond acceptors (Lipinski definition) is 4. The van der Waals surface area contributed by atoms with E-state index in [1.807, 2.05) is 51.1 Å². The smallest absolute Gasteiger partial charge is 0.294 e. The Morgan fingerprint density at radius 2 is 1.55 bits per heavy atom. The van der Waals surface area contributed by atoms with Crippen LogP contribution < -0.4 is 14.5 Å². The highest BCUT2D eigenvalue weighted by molar-refractivity contribution is 6.42. The number of rotatable bonds is 6. The molecule has 0 saturated heterocycles. The molecule has 170 valence electrons. The van der Waals surface area contributed by atoms with Crippen molar-refractivity contribution in [2.45, 2.75) is 26.9 Å². The molecule has 0 saturated carbocycles.